The second kappa shape index (κ2) is 12.8. The van der Waals surface area contributed by atoms with Crippen LogP contribution in [0.15, 0.2) is 36.4 Å². The number of halogens is 2. The number of hydrogen-bond acceptors (Lipinski definition) is 3. The zero-order valence-corrected chi connectivity index (χ0v) is 21.2. The number of unbranched alkanes of at least 4 members (excludes halogenated alkanes) is 2. The van der Waals surface area contributed by atoms with Gasteiger partial charge < -0.3 is 14.2 Å². The molecule has 5 heteroatoms. The Morgan fingerprint density at radius 1 is 0.771 bits per heavy atom. The summed E-state index contributed by atoms with van der Waals surface area (Å²) < 4.78 is 45.9. The van der Waals surface area contributed by atoms with Crippen molar-refractivity contribution in [2.24, 2.45) is 5.92 Å². The summed E-state index contributed by atoms with van der Waals surface area (Å²) >= 11 is 0. The first-order valence-electron chi connectivity index (χ1n) is 13.5. The molecule has 0 aromatic heterocycles. The maximum Gasteiger partial charge on any atom is 0.201 e. The van der Waals surface area contributed by atoms with Crippen LogP contribution in [0.2, 0.25) is 0 Å². The second-order valence-corrected chi connectivity index (χ2v) is 10.2. The molecule has 2 aromatic rings. The van der Waals surface area contributed by atoms with Crippen molar-refractivity contribution in [1.29, 1.82) is 0 Å². The fraction of sp³-hybridized carbons (Fsp3) is 0.600. The van der Waals surface area contributed by atoms with E-state index in [0.29, 0.717) is 25.7 Å². The summed E-state index contributed by atoms with van der Waals surface area (Å²) in [5.41, 5.74) is 2.67. The fourth-order valence-electron chi connectivity index (χ4n) is 5.44. The van der Waals surface area contributed by atoms with Crippen LogP contribution in [0.25, 0.3) is 0 Å². The first-order chi connectivity index (χ1) is 17.1. The van der Waals surface area contributed by atoms with Gasteiger partial charge in [-0.2, -0.15) is 4.39 Å². The molecule has 4 rings (SSSR count). The molecule has 0 atom stereocenters. The normalized spacial score (nSPS) is 24.9. The molecular formula is C30H40F2O3. The number of hydrogen-bond donors (Lipinski definition) is 0. The maximum absolute atomic E-state index is 14.6. The minimum absolute atomic E-state index is 0.0745. The lowest BCUT2D eigenvalue weighted by Crippen LogP contribution is -2.26. The summed E-state index contributed by atoms with van der Waals surface area (Å²) in [6.45, 7) is 5.34. The Morgan fingerprint density at radius 3 is 2.06 bits per heavy atom. The van der Waals surface area contributed by atoms with Gasteiger partial charge in [0.15, 0.2) is 17.9 Å². The van der Waals surface area contributed by atoms with Crippen molar-refractivity contribution in [2.45, 2.75) is 89.8 Å². The predicted molar refractivity (Wildman–Crippen MR) is 135 cm³/mol. The van der Waals surface area contributed by atoms with Gasteiger partial charge in [0.25, 0.3) is 0 Å². The van der Waals surface area contributed by atoms with Crippen molar-refractivity contribution in [1.82, 2.24) is 0 Å². The molecule has 0 radical (unpaired) electrons. The lowest BCUT2D eigenvalue weighted by atomic mass is 9.77. The van der Waals surface area contributed by atoms with Crippen LogP contribution in [-0.4, -0.2) is 19.8 Å². The van der Waals surface area contributed by atoms with Gasteiger partial charge in [-0.15, -0.1) is 0 Å². The monoisotopic (exact) mass is 486 g/mol. The Balaban J connectivity index is 1.28. The van der Waals surface area contributed by atoms with Gasteiger partial charge in [-0.3, -0.25) is 0 Å². The Hall–Kier alpha value is -1.98. The summed E-state index contributed by atoms with van der Waals surface area (Å²) in [6, 6.07) is 11.8. The van der Waals surface area contributed by atoms with E-state index in [9.17, 15) is 8.78 Å². The minimum Gasteiger partial charge on any atom is -0.490 e. The van der Waals surface area contributed by atoms with Crippen LogP contribution in [-0.2, 0) is 9.47 Å². The van der Waals surface area contributed by atoms with Crippen molar-refractivity contribution in [3.8, 4) is 5.75 Å². The number of rotatable bonds is 10. The van der Waals surface area contributed by atoms with Crippen molar-refractivity contribution >= 4 is 0 Å². The van der Waals surface area contributed by atoms with Crippen molar-refractivity contribution in [3.63, 3.8) is 0 Å². The van der Waals surface area contributed by atoms with Gasteiger partial charge in [-0.05, 0) is 67.2 Å². The van der Waals surface area contributed by atoms with Gasteiger partial charge in [-0.25, -0.2) is 4.39 Å². The van der Waals surface area contributed by atoms with E-state index in [-0.39, 0.29) is 17.2 Å². The predicted octanol–water partition coefficient (Wildman–Crippen LogP) is 8.44. The van der Waals surface area contributed by atoms with Crippen LogP contribution < -0.4 is 4.74 Å². The van der Waals surface area contributed by atoms with Crippen molar-refractivity contribution in [3.05, 3.63) is 64.7 Å². The SMILES string of the molecule is CCCCCC1CCC(c2ccc(C3COC(c4ccc(OCCC)c(F)c4F)OC3)cc2)CC1. The molecule has 0 amide bonds. The summed E-state index contributed by atoms with van der Waals surface area (Å²) in [7, 11) is 0. The molecule has 1 heterocycles. The third-order valence-electron chi connectivity index (χ3n) is 7.63. The van der Waals surface area contributed by atoms with E-state index < -0.39 is 17.9 Å². The topological polar surface area (TPSA) is 27.7 Å². The number of benzene rings is 2. The molecule has 1 saturated carbocycles. The number of ether oxygens (including phenoxy) is 3. The molecule has 192 valence electrons. The summed E-state index contributed by atoms with van der Waals surface area (Å²) in [6.07, 6.45) is 10.5. The van der Waals surface area contributed by atoms with Gasteiger partial charge in [0.2, 0.25) is 5.82 Å². The van der Waals surface area contributed by atoms with Gasteiger partial charge >= 0.3 is 0 Å². The van der Waals surface area contributed by atoms with Gasteiger partial charge in [0, 0.05) is 11.5 Å². The Labute approximate surface area is 209 Å². The van der Waals surface area contributed by atoms with Crippen LogP contribution >= 0.6 is 0 Å². The molecule has 0 N–H and O–H groups in total. The molecule has 1 aliphatic carbocycles. The summed E-state index contributed by atoms with van der Waals surface area (Å²) in [5.74, 6) is -0.374. The highest BCUT2D eigenvalue weighted by Gasteiger charge is 2.29. The lowest BCUT2D eigenvalue weighted by Gasteiger charge is -2.31. The highest BCUT2D eigenvalue weighted by molar-refractivity contribution is 5.32. The zero-order valence-electron chi connectivity index (χ0n) is 21.2. The Bertz CT molecular complexity index is 914. The molecule has 0 unspecified atom stereocenters. The molecule has 2 fully saturated rings. The molecule has 35 heavy (non-hydrogen) atoms. The van der Waals surface area contributed by atoms with E-state index in [1.807, 2.05) is 6.92 Å². The third kappa shape index (κ3) is 6.62. The maximum atomic E-state index is 14.6. The lowest BCUT2D eigenvalue weighted by molar-refractivity contribution is -0.193. The van der Waals surface area contributed by atoms with E-state index in [1.165, 1.54) is 69.1 Å². The van der Waals surface area contributed by atoms with E-state index in [0.717, 1.165) is 17.9 Å². The summed E-state index contributed by atoms with van der Waals surface area (Å²) in [5, 5.41) is 0. The minimum atomic E-state index is -0.990. The second-order valence-electron chi connectivity index (χ2n) is 10.2. The average Bonchev–Trinajstić information content (AvgIpc) is 2.90. The molecule has 1 aliphatic heterocycles. The standard InChI is InChI=1S/C30H40F2O3/c1-3-5-6-7-21-8-10-22(11-9-21)23-12-14-24(15-13-23)25-19-34-30(35-20-25)26-16-17-27(33-18-4-2)29(32)28(26)31/h12-17,21-22,25,30H,3-11,18-20H2,1-2H3. The van der Waals surface area contributed by atoms with E-state index in [1.54, 1.807) is 0 Å². The van der Waals surface area contributed by atoms with Crippen LogP contribution in [0.4, 0.5) is 8.78 Å². The van der Waals surface area contributed by atoms with E-state index in [2.05, 4.69) is 31.2 Å². The van der Waals surface area contributed by atoms with Gasteiger partial charge in [-0.1, -0.05) is 63.8 Å². The molecule has 0 bridgehead atoms. The smallest absolute Gasteiger partial charge is 0.201 e. The summed E-state index contributed by atoms with van der Waals surface area (Å²) in [4.78, 5) is 0. The van der Waals surface area contributed by atoms with Crippen molar-refractivity contribution < 1.29 is 23.0 Å². The molecule has 3 nitrogen and oxygen atoms in total. The fourth-order valence-corrected chi connectivity index (χ4v) is 5.44. The molecule has 1 saturated heterocycles. The third-order valence-corrected chi connectivity index (χ3v) is 7.63. The molecule has 2 aliphatic rings. The zero-order chi connectivity index (χ0) is 24.6. The van der Waals surface area contributed by atoms with E-state index >= 15 is 0 Å². The van der Waals surface area contributed by atoms with Gasteiger partial charge in [0.1, 0.15) is 0 Å². The Kier molecular flexibility index (Phi) is 9.56. The largest absolute Gasteiger partial charge is 0.490 e. The van der Waals surface area contributed by atoms with Crippen LogP contribution in [0, 0.1) is 17.6 Å². The van der Waals surface area contributed by atoms with Crippen LogP contribution in [0.5, 0.6) is 5.75 Å². The first-order valence-corrected chi connectivity index (χ1v) is 13.5. The van der Waals surface area contributed by atoms with E-state index in [4.69, 9.17) is 14.2 Å². The van der Waals surface area contributed by atoms with Crippen LogP contribution in [0.1, 0.15) is 106 Å². The average molecular weight is 487 g/mol. The van der Waals surface area contributed by atoms with Crippen LogP contribution in [0.3, 0.4) is 0 Å². The first kappa shape index (κ1) is 26.1. The van der Waals surface area contributed by atoms with Crippen molar-refractivity contribution in [2.75, 3.05) is 19.8 Å². The highest BCUT2D eigenvalue weighted by Crippen LogP contribution is 2.39. The quantitative estimate of drug-likeness (QED) is 0.315. The molecule has 2 aromatic carbocycles. The highest BCUT2D eigenvalue weighted by atomic mass is 19.2. The van der Waals surface area contributed by atoms with Gasteiger partial charge in [0.05, 0.1) is 19.8 Å². The molecular weight excluding hydrogens is 446 g/mol. The molecule has 0 spiro atoms. The Morgan fingerprint density at radius 2 is 1.43 bits per heavy atom.